The molecule has 0 atom stereocenters. The number of nitrogens with one attached hydrogen (secondary N) is 1. The maximum atomic E-state index is 12.6. The normalized spacial score (nSPS) is 16.5. The minimum Gasteiger partial charge on any atom is -0.494 e. The number of anilines is 1. The molecule has 3 aromatic heterocycles. The molecule has 4 rings (SSSR count). The van der Waals surface area contributed by atoms with Gasteiger partial charge in [-0.05, 0) is 25.0 Å². The second kappa shape index (κ2) is 7.60. The third-order valence-corrected chi connectivity index (χ3v) is 7.10. The molecule has 1 N–H and O–H groups in total. The molecule has 1 aliphatic rings. The van der Waals surface area contributed by atoms with Crippen LogP contribution in [0.5, 0.6) is 5.75 Å². The highest BCUT2D eigenvalue weighted by Crippen LogP contribution is 2.31. The van der Waals surface area contributed by atoms with Gasteiger partial charge in [0, 0.05) is 37.6 Å². The summed E-state index contributed by atoms with van der Waals surface area (Å²) < 4.78 is 31.9. The number of carbonyl (C=O) groups is 1. The number of hydrogen-bond acceptors (Lipinski definition) is 6. The molecule has 0 spiro atoms. The zero-order chi connectivity index (χ0) is 21.5. The van der Waals surface area contributed by atoms with Crippen molar-refractivity contribution in [3.8, 4) is 5.75 Å². The van der Waals surface area contributed by atoms with Crippen molar-refractivity contribution in [2.45, 2.75) is 18.8 Å². The van der Waals surface area contributed by atoms with Crippen molar-refractivity contribution in [2.75, 3.05) is 23.9 Å². The van der Waals surface area contributed by atoms with Crippen LogP contribution in [0.4, 0.5) is 5.69 Å². The third-order valence-electron chi connectivity index (χ3n) is 5.38. The quantitative estimate of drug-likeness (QED) is 0.673. The molecule has 10 heteroatoms. The number of imidazole rings is 1. The Kier molecular flexibility index (Phi) is 5.10. The Labute approximate surface area is 173 Å². The fourth-order valence-corrected chi connectivity index (χ4v) is 5.13. The SMILES string of the molecule is COc1cc2nc(C3CCS(=O)(=O)CC3)cn2cc1NC(=O)c1cccn(C)c1=O. The predicted molar refractivity (Wildman–Crippen MR) is 112 cm³/mol. The third kappa shape index (κ3) is 3.82. The van der Waals surface area contributed by atoms with Gasteiger partial charge in [0.1, 0.15) is 32.5 Å². The topological polar surface area (TPSA) is 112 Å². The smallest absolute Gasteiger partial charge is 0.263 e. The summed E-state index contributed by atoms with van der Waals surface area (Å²) in [6, 6.07) is 4.79. The molecule has 30 heavy (non-hydrogen) atoms. The van der Waals surface area contributed by atoms with E-state index >= 15 is 0 Å². The van der Waals surface area contributed by atoms with Crippen LogP contribution in [-0.4, -0.2) is 46.9 Å². The van der Waals surface area contributed by atoms with E-state index in [0.29, 0.717) is 29.9 Å². The number of hydrogen-bond donors (Lipinski definition) is 1. The molecule has 0 bridgehead atoms. The van der Waals surface area contributed by atoms with E-state index in [0.717, 1.165) is 5.69 Å². The van der Waals surface area contributed by atoms with Gasteiger partial charge in [0.2, 0.25) is 0 Å². The van der Waals surface area contributed by atoms with E-state index in [1.807, 2.05) is 6.20 Å². The van der Waals surface area contributed by atoms with E-state index in [1.54, 1.807) is 36.0 Å². The first-order chi connectivity index (χ1) is 14.3. The number of ether oxygens (including phenoxy) is 1. The first-order valence-electron chi connectivity index (χ1n) is 9.51. The van der Waals surface area contributed by atoms with E-state index in [-0.39, 0.29) is 23.0 Å². The summed E-state index contributed by atoms with van der Waals surface area (Å²) in [7, 11) is 0.117. The molecular formula is C20H22N4O5S. The highest BCUT2D eigenvalue weighted by molar-refractivity contribution is 7.91. The molecule has 4 heterocycles. The second-order valence-corrected chi connectivity index (χ2v) is 9.71. The minimum atomic E-state index is -2.95. The monoisotopic (exact) mass is 430 g/mol. The van der Waals surface area contributed by atoms with Crippen LogP contribution < -0.4 is 15.6 Å². The van der Waals surface area contributed by atoms with E-state index in [1.165, 1.54) is 17.7 Å². The number of sulfone groups is 1. The Hall–Kier alpha value is -3.14. The van der Waals surface area contributed by atoms with E-state index < -0.39 is 21.3 Å². The average Bonchev–Trinajstić information content (AvgIpc) is 3.12. The number of nitrogens with zero attached hydrogens (tertiary/aromatic N) is 3. The van der Waals surface area contributed by atoms with Crippen LogP contribution in [0.15, 0.2) is 41.6 Å². The van der Waals surface area contributed by atoms with Crippen LogP contribution in [0, 0.1) is 0 Å². The van der Waals surface area contributed by atoms with Crippen LogP contribution in [0.25, 0.3) is 5.65 Å². The molecule has 1 saturated heterocycles. The van der Waals surface area contributed by atoms with Crippen molar-refractivity contribution < 1.29 is 17.9 Å². The lowest BCUT2D eigenvalue weighted by Crippen LogP contribution is -2.27. The number of amides is 1. The second-order valence-electron chi connectivity index (χ2n) is 7.40. The van der Waals surface area contributed by atoms with Crippen LogP contribution in [-0.2, 0) is 16.9 Å². The summed E-state index contributed by atoms with van der Waals surface area (Å²) in [6.45, 7) is 0. The summed E-state index contributed by atoms with van der Waals surface area (Å²) in [5.74, 6) is 0.285. The van der Waals surface area contributed by atoms with Gasteiger partial charge in [0.15, 0.2) is 0 Å². The van der Waals surface area contributed by atoms with Gasteiger partial charge in [-0.3, -0.25) is 9.59 Å². The summed E-state index contributed by atoms with van der Waals surface area (Å²) in [6.07, 6.45) is 6.19. The molecular weight excluding hydrogens is 408 g/mol. The molecule has 1 amide bonds. The van der Waals surface area contributed by atoms with Gasteiger partial charge in [0.25, 0.3) is 11.5 Å². The highest BCUT2D eigenvalue weighted by atomic mass is 32.2. The largest absolute Gasteiger partial charge is 0.494 e. The molecule has 1 fully saturated rings. The molecule has 0 saturated carbocycles. The molecule has 158 valence electrons. The fourth-order valence-electron chi connectivity index (χ4n) is 3.64. The van der Waals surface area contributed by atoms with E-state index in [4.69, 9.17) is 4.74 Å². The Morgan fingerprint density at radius 3 is 2.70 bits per heavy atom. The number of carbonyl (C=O) groups excluding carboxylic acids is 1. The van der Waals surface area contributed by atoms with Gasteiger partial charge in [0.05, 0.1) is 24.3 Å². The number of fused-ring (bicyclic) bond motifs is 1. The van der Waals surface area contributed by atoms with E-state index in [9.17, 15) is 18.0 Å². The van der Waals surface area contributed by atoms with Gasteiger partial charge in [-0.1, -0.05) is 0 Å². The average molecular weight is 430 g/mol. The molecule has 9 nitrogen and oxygen atoms in total. The lowest BCUT2D eigenvalue weighted by molar-refractivity contribution is 0.102. The van der Waals surface area contributed by atoms with Crippen molar-refractivity contribution in [3.63, 3.8) is 0 Å². The van der Waals surface area contributed by atoms with Crippen LogP contribution >= 0.6 is 0 Å². The number of rotatable bonds is 4. The van der Waals surface area contributed by atoms with Gasteiger partial charge >= 0.3 is 0 Å². The first kappa shape index (κ1) is 20.1. The van der Waals surface area contributed by atoms with Crippen molar-refractivity contribution in [2.24, 2.45) is 7.05 Å². The zero-order valence-electron chi connectivity index (χ0n) is 16.7. The van der Waals surface area contributed by atoms with Gasteiger partial charge in [-0.2, -0.15) is 0 Å². The molecule has 0 radical (unpaired) electrons. The number of aromatic nitrogens is 3. The summed E-state index contributed by atoms with van der Waals surface area (Å²) >= 11 is 0. The molecule has 0 unspecified atom stereocenters. The van der Waals surface area contributed by atoms with Crippen molar-refractivity contribution in [1.82, 2.24) is 14.0 Å². The maximum absolute atomic E-state index is 12.6. The number of methoxy groups -OCH3 is 1. The molecule has 0 aromatic carbocycles. The predicted octanol–water partition coefficient (Wildman–Crippen LogP) is 1.59. The summed E-state index contributed by atoms with van der Waals surface area (Å²) in [5, 5.41) is 2.73. The summed E-state index contributed by atoms with van der Waals surface area (Å²) in [4.78, 5) is 29.5. The van der Waals surface area contributed by atoms with Crippen molar-refractivity contribution >= 4 is 27.1 Å². The maximum Gasteiger partial charge on any atom is 0.263 e. The minimum absolute atomic E-state index is 0.0249. The Balaban J connectivity index is 1.64. The fraction of sp³-hybridized carbons (Fsp3) is 0.350. The standard InChI is InChI=1S/C20H22N4O5S/c1-23-7-3-4-14(20(23)26)19(25)22-16-12-24-11-15(21-18(24)10-17(16)29-2)13-5-8-30(27,28)9-6-13/h3-4,7,10-13H,5-6,8-9H2,1-2H3,(H,22,25). The lowest BCUT2D eigenvalue weighted by Gasteiger charge is -2.19. The Morgan fingerprint density at radius 1 is 1.27 bits per heavy atom. The summed E-state index contributed by atoms with van der Waals surface area (Å²) in [5.41, 5.74) is 1.47. The first-order valence-corrected chi connectivity index (χ1v) is 11.3. The van der Waals surface area contributed by atoms with Crippen LogP contribution in [0.1, 0.15) is 34.8 Å². The van der Waals surface area contributed by atoms with Gasteiger partial charge < -0.3 is 19.0 Å². The van der Waals surface area contributed by atoms with E-state index in [2.05, 4.69) is 10.3 Å². The Bertz CT molecular complexity index is 1280. The molecule has 3 aromatic rings. The molecule has 0 aliphatic carbocycles. The van der Waals surface area contributed by atoms with Gasteiger partial charge in [-0.15, -0.1) is 0 Å². The van der Waals surface area contributed by atoms with Crippen molar-refractivity contribution in [3.05, 3.63) is 58.4 Å². The van der Waals surface area contributed by atoms with Crippen molar-refractivity contribution in [1.29, 1.82) is 0 Å². The lowest BCUT2D eigenvalue weighted by atomic mass is 10.00. The van der Waals surface area contributed by atoms with Crippen LogP contribution in [0.2, 0.25) is 0 Å². The Morgan fingerprint density at radius 2 is 2.00 bits per heavy atom. The van der Waals surface area contributed by atoms with Crippen LogP contribution in [0.3, 0.4) is 0 Å². The zero-order valence-corrected chi connectivity index (χ0v) is 17.5. The van der Waals surface area contributed by atoms with Gasteiger partial charge in [-0.25, -0.2) is 13.4 Å². The number of pyridine rings is 2. The highest BCUT2D eigenvalue weighted by Gasteiger charge is 2.26. The molecule has 1 aliphatic heterocycles. The number of aryl methyl sites for hydroxylation is 1.